The Morgan fingerprint density at radius 1 is 0.550 bits per heavy atom. The molecule has 0 fully saturated rings. The average Bonchev–Trinajstić information content (AvgIpc) is 3.58. The van der Waals surface area contributed by atoms with Crippen LogP contribution in [-0.4, -0.2) is 14.5 Å². The zero-order chi connectivity index (χ0) is 26.2. The molecule has 5 aromatic carbocycles. The van der Waals surface area contributed by atoms with Gasteiger partial charge in [0.05, 0.1) is 39.8 Å². The highest BCUT2D eigenvalue weighted by atomic mass is 16.3. The molecule has 0 bridgehead atoms. The Bertz CT molecular complexity index is 2430. The van der Waals surface area contributed by atoms with Crippen molar-refractivity contribution >= 4 is 65.4 Å². The zero-order valence-electron chi connectivity index (χ0n) is 21.4. The molecule has 0 aliphatic rings. The van der Waals surface area contributed by atoms with Crippen molar-refractivity contribution in [2.45, 2.75) is 0 Å². The van der Waals surface area contributed by atoms with Gasteiger partial charge in [-0.25, -0.2) is 4.98 Å². The van der Waals surface area contributed by atoms with Crippen LogP contribution < -0.4 is 0 Å². The molecule has 0 saturated heterocycles. The lowest BCUT2D eigenvalue weighted by Crippen LogP contribution is -1.96. The third-order valence-electron chi connectivity index (χ3n) is 8.02. The van der Waals surface area contributed by atoms with Gasteiger partial charge in [-0.3, -0.25) is 4.98 Å². The van der Waals surface area contributed by atoms with Crippen molar-refractivity contribution in [1.82, 2.24) is 14.5 Å². The lowest BCUT2D eigenvalue weighted by atomic mass is 9.99. The monoisotopic (exact) mass is 511 g/mol. The SMILES string of the molecule is c1ccc2nc(-c3ccc(-n4c5ccccc5c5c6ccccc6c6c7ccccc7oc6c54)cn3)ccc2c1. The Hall–Kier alpha value is -5.48. The van der Waals surface area contributed by atoms with Crippen LogP contribution >= 0.6 is 0 Å². The number of aromatic nitrogens is 3. The lowest BCUT2D eigenvalue weighted by Gasteiger charge is -2.10. The molecule has 0 aliphatic carbocycles. The summed E-state index contributed by atoms with van der Waals surface area (Å²) in [7, 11) is 0. The first-order valence-corrected chi connectivity index (χ1v) is 13.4. The van der Waals surface area contributed by atoms with Gasteiger partial charge in [0.25, 0.3) is 0 Å². The van der Waals surface area contributed by atoms with E-state index in [0.717, 1.165) is 61.0 Å². The molecule has 40 heavy (non-hydrogen) atoms. The molecule has 0 saturated carbocycles. The number of benzene rings is 5. The maximum absolute atomic E-state index is 6.65. The highest BCUT2D eigenvalue weighted by Gasteiger charge is 2.22. The van der Waals surface area contributed by atoms with Crippen molar-refractivity contribution in [2.75, 3.05) is 0 Å². The van der Waals surface area contributed by atoms with Gasteiger partial charge in [-0.05, 0) is 47.2 Å². The van der Waals surface area contributed by atoms with E-state index in [2.05, 4.69) is 95.6 Å². The van der Waals surface area contributed by atoms with Crippen LogP contribution in [-0.2, 0) is 0 Å². The fourth-order valence-electron chi connectivity index (χ4n) is 6.27. The van der Waals surface area contributed by atoms with Crippen LogP contribution in [0.25, 0.3) is 82.5 Å². The summed E-state index contributed by atoms with van der Waals surface area (Å²) in [5.41, 5.74) is 7.61. The summed E-state index contributed by atoms with van der Waals surface area (Å²) in [6.45, 7) is 0. The second-order valence-electron chi connectivity index (χ2n) is 10.2. The third-order valence-corrected chi connectivity index (χ3v) is 8.02. The summed E-state index contributed by atoms with van der Waals surface area (Å²) in [5, 5.41) is 8.20. The highest BCUT2D eigenvalue weighted by Crippen LogP contribution is 2.45. The van der Waals surface area contributed by atoms with E-state index in [9.17, 15) is 0 Å². The van der Waals surface area contributed by atoms with E-state index in [1.807, 2.05) is 36.5 Å². The summed E-state index contributed by atoms with van der Waals surface area (Å²) in [6, 6.07) is 42.0. The van der Waals surface area contributed by atoms with Crippen LogP contribution in [0.5, 0.6) is 0 Å². The fraction of sp³-hybridized carbons (Fsp3) is 0. The number of rotatable bonds is 2. The smallest absolute Gasteiger partial charge is 0.160 e. The zero-order valence-corrected chi connectivity index (χ0v) is 21.4. The number of pyridine rings is 2. The van der Waals surface area contributed by atoms with Gasteiger partial charge < -0.3 is 8.98 Å². The minimum absolute atomic E-state index is 0.842. The molecule has 0 atom stereocenters. The molecule has 4 heteroatoms. The maximum atomic E-state index is 6.65. The summed E-state index contributed by atoms with van der Waals surface area (Å²) in [4.78, 5) is 9.75. The molecule has 4 heterocycles. The van der Waals surface area contributed by atoms with Crippen LogP contribution in [0, 0.1) is 0 Å². The molecule has 0 unspecified atom stereocenters. The standard InChI is InChI=1S/C36H21N3O/c1-6-14-28-22(9-1)17-19-30(38-28)29-20-18-23(21-37-29)39-31-15-7-4-12-26(31)33-24-10-2-3-11-25(24)34-27-13-5-8-16-32(27)40-36(34)35(33)39/h1-21H. The Morgan fingerprint density at radius 3 is 2.10 bits per heavy atom. The average molecular weight is 512 g/mol. The number of fused-ring (bicyclic) bond motifs is 11. The molecule has 9 rings (SSSR count). The number of hydrogen-bond donors (Lipinski definition) is 0. The predicted octanol–water partition coefficient (Wildman–Crippen LogP) is 9.45. The van der Waals surface area contributed by atoms with Crippen LogP contribution in [0.15, 0.2) is 132 Å². The molecule has 0 spiro atoms. The summed E-state index contributed by atoms with van der Waals surface area (Å²) in [5.74, 6) is 0. The molecular formula is C36H21N3O. The van der Waals surface area contributed by atoms with Crippen molar-refractivity contribution in [3.63, 3.8) is 0 Å². The van der Waals surface area contributed by atoms with E-state index >= 15 is 0 Å². The Labute approximate surface area is 228 Å². The Balaban J connectivity index is 1.37. The molecular weight excluding hydrogens is 490 g/mol. The van der Waals surface area contributed by atoms with Crippen molar-refractivity contribution in [2.24, 2.45) is 0 Å². The first-order valence-electron chi connectivity index (χ1n) is 13.4. The molecule has 4 nitrogen and oxygen atoms in total. The van der Waals surface area contributed by atoms with Crippen LogP contribution in [0.4, 0.5) is 0 Å². The summed E-state index contributed by atoms with van der Waals surface area (Å²) in [6.07, 6.45) is 1.95. The van der Waals surface area contributed by atoms with E-state index in [0.29, 0.717) is 0 Å². The molecule has 186 valence electrons. The third kappa shape index (κ3) is 2.90. The van der Waals surface area contributed by atoms with Gasteiger partial charge in [0.15, 0.2) is 5.58 Å². The summed E-state index contributed by atoms with van der Waals surface area (Å²) >= 11 is 0. The first-order chi connectivity index (χ1) is 19.8. The van der Waals surface area contributed by atoms with Gasteiger partial charge in [0.1, 0.15) is 5.58 Å². The van der Waals surface area contributed by atoms with Gasteiger partial charge >= 0.3 is 0 Å². The highest BCUT2D eigenvalue weighted by molar-refractivity contribution is 6.35. The van der Waals surface area contributed by atoms with Crippen LogP contribution in [0.3, 0.4) is 0 Å². The van der Waals surface area contributed by atoms with Gasteiger partial charge in [0, 0.05) is 26.9 Å². The number of furan rings is 1. The largest absolute Gasteiger partial charge is 0.454 e. The van der Waals surface area contributed by atoms with Gasteiger partial charge in [0.2, 0.25) is 0 Å². The van der Waals surface area contributed by atoms with E-state index < -0.39 is 0 Å². The van der Waals surface area contributed by atoms with E-state index in [4.69, 9.17) is 14.4 Å². The van der Waals surface area contributed by atoms with Crippen molar-refractivity contribution in [1.29, 1.82) is 0 Å². The van der Waals surface area contributed by atoms with Crippen LogP contribution in [0.1, 0.15) is 0 Å². The molecule has 0 aliphatic heterocycles. The van der Waals surface area contributed by atoms with E-state index in [1.54, 1.807) is 0 Å². The van der Waals surface area contributed by atoms with Crippen molar-refractivity contribution < 1.29 is 4.42 Å². The van der Waals surface area contributed by atoms with E-state index in [-0.39, 0.29) is 0 Å². The molecule has 0 amide bonds. The topological polar surface area (TPSA) is 43.9 Å². The second kappa shape index (κ2) is 8.01. The van der Waals surface area contributed by atoms with Gasteiger partial charge in [-0.2, -0.15) is 0 Å². The van der Waals surface area contributed by atoms with Crippen molar-refractivity contribution in [3.05, 3.63) is 128 Å². The fourth-order valence-corrected chi connectivity index (χ4v) is 6.27. The minimum atomic E-state index is 0.842. The quantitative estimate of drug-likeness (QED) is 0.232. The Morgan fingerprint density at radius 2 is 1.25 bits per heavy atom. The van der Waals surface area contributed by atoms with Gasteiger partial charge in [-0.1, -0.05) is 84.9 Å². The second-order valence-corrected chi connectivity index (χ2v) is 10.2. The predicted molar refractivity (Wildman–Crippen MR) is 164 cm³/mol. The summed E-state index contributed by atoms with van der Waals surface area (Å²) < 4.78 is 8.95. The van der Waals surface area contributed by atoms with E-state index in [1.165, 1.54) is 21.5 Å². The number of hydrogen-bond acceptors (Lipinski definition) is 3. The lowest BCUT2D eigenvalue weighted by molar-refractivity contribution is 0.671. The van der Waals surface area contributed by atoms with Crippen LogP contribution in [0.2, 0.25) is 0 Å². The molecule has 0 radical (unpaired) electrons. The first kappa shape index (κ1) is 21.5. The maximum Gasteiger partial charge on any atom is 0.160 e. The molecule has 4 aromatic heterocycles. The van der Waals surface area contributed by atoms with Gasteiger partial charge in [-0.15, -0.1) is 0 Å². The molecule has 0 N–H and O–H groups in total. The Kier molecular flexibility index (Phi) is 4.30. The minimum Gasteiger partial charge on any atom is -0.454 e. The normalized spacial score (nSPS) is 12.0. The molecule has 9 aromatic rings. The van der Waals surface area contributed by atoms with Crippen molar-refractivity contribution in [3.8, 4) is 17.1 Å². The number of para-hydroxylation sites is 3. The number of nitrogens with zero attached hydrogens (tertiary/aromatic N) is 3.